The molecule has 0 heterocycles. The molecule has 0 spiro atoms. The van der Waals surface area contributed by atoms with Gasteiger partial charge in [0.2, 0.25) is 5.91 Å². The van der Waals surface area contributed by atoms with Gasteiger partial charge in [0.25, 0.3) is 0 Å². The van der Waals surface area contributed by atoms with Gasteiger partial charge in [-0.05, 0) is 39.7 Å². The SMILES string of the molecule is CC(C)CO[C@H](C)C(=O)N[C@H](C)c1ccccc1OC(C)C. The first-order chi connectivity index (χ1) is 10.3. The van der Waals surface area contributed by atoms with Crippen LogP contribution in [0.2, 0.25) is 0 Å². The Labute approximate surface area is 134 Å². The number of hydrogen-bond donors (Lipinski definition) is 1. The van der Waals surface area contributed by atoms with Crippen LogP contribution in [0.3, 0.4) is 0 Å². The monoisotopic (exact) mass is 307 g/mol. The summed E-state index contributed by atoms with van der Waals surface area (Å²) in [7, 11) is 0. The molecule has 2 atom stereocenters. The van der Waals surface area contributed by atoms with E-state index >= 15 is 0 Å². The van der Waals surface area contributed by atoms with Gasteiger partial charge in [-0.15, -0.1) is 0 Å². The number of hydrogen-bond acceptors (Lipinski definition) is 3. The molecule has 1 aromatic rings. The van der Waals surface area contributed by atoms with Gasteiger partial charge in [0.05, 0.1) is 12.1 Å². The summed E-state index contributed by atoms with van der Waals surface area (Å²) < 4.78 is 11.4. The van der Waals surface area contributed by atoms with Crippen molar-refractivity contribution < 1.29 is 14.3 Å². The van der Waals surface area contributed by atoms with E-state index < -0.39 is 6.10 Å². The fourth-order valence-electron chi connectivity index (χ4n) is 2.02. The summed E-state index contributed by atoms with van der Waals surface area (Å²) in [5, 5.41) is 2.99. The maximum absolute atomic E-state index is 12.2. The van der Waals surface area contributed by atoms with E-state index in [4.69, 9.17) is 9.47 Å². The number of para-hydroxylation sites is 1. The number of carbonyl (C=O) groups is 1. The zero-order chi connectivity index (χ0) is 16.7. The first-order valence-electron chi connectivity index (χ1n) is 7.98. The normalized spacial score (nSPS) is 14.0. The third-order valence-electron chi connectivity index (χ3n) is 3.16. The molecule has 0 saturated heterocycles. The van der Waals surface area contributed by atoms with Gasteiger partial charge in [-0.2, -0.15) is 0 Å². The molecule has 0 bridgehead atoms. The highest BCUT2D eigenvalue weighted by molar-refractivity contribution is 5.80. The number of rotatable bonds is 8. The van der Waals surface area contributed by atoms with Gasteiger partial charge >= 0.3 is 0 Å². The summed E-state index contributed by atoms with van der Waals surface area (Å²) in [5.41, 5.74) is 0.973. The molecule has 0 fully saturated rings. The predicted octanol–water partition coefficient (Wildman–Crippen LogP) is 3.71. The lowest BCUT2D eigenvalue weighted by atomic mass is 10.1. The van der Waals surface area contributed by atoms with Gasteiger partial charge in [-0.25, -0.2) is 0 Å². The predicted molar refractivity (Wildman–Crippen MR) is 89.0 cm³/mol. The molecule has 0 aliphatic rings. The van der Waals surface area contributed by atoms with E-state index in [1.807, 2.05) is 45.0 Å². The summed E-state index contributed by atoms with van der Waals surface area (Å²) in [6, 6.07) is 7.65. The van der Waals surface area contributed by atoms with Gasteiger partial charge in [0.1, 0.15) is 11.9 Å². The standard InChI is InChI=1S/C18H29NO3/c1-12(2)11-21-15(6)18(20)19-14(5)16-9-7-8-10-17(16)22-13(3)4/h7-10,12-15H,11H2,1-6H3,(H,19,20)/t14-,15-/m1/s1. The topological polar surface area (TPSA) is 47.6 Å². The van der Waals surface area contributed by atoms with Crippen LogP contribution in [0.5, 0.6) is 5.75 Å². The smallest absolute Gasteiger partial charge is 0.249 e. The van der Waals surface area contributed by atoms with E-state index in [1.165, 1.54) is 0 Å². The number of amides is 1. The minimum absolute atomic E-state index is 0.0948. The molecular formula is C18H29NO3. The average Bonchev–Trinajstić information content (AvgIpc) is 2.44. The quantitative estimate of drug-likeness (QED) is 0.796. The van der Waals surface area contributed by atoms with E-state index in [0.29, 0.717) is 12.5 Å². The van der Waals surface area contributed by atoms with Crippen LogP contribution in [0.4, 0.5) is 0 Å². The highest BCUT2D eigenvalue weighted by atomic mass is 16.5. The third kappa shape index (κ3) is 6.06. The molecule has 1 N–H and O–H groups in total. The van der Waals surface area contributed by atoms with Crippen molar-refractivity contribution in [2.75, 3.05) is 6.61 Å². The molecule has 0 aromatic heterocycles. The largest absolute Gasteiger partial charge is 0.491 e. The molecule has 0 aliphatic heterocycles. The van der Waals surface area contributed by atoms with Crippen molar-refractivity contribution in [1.29, 1.82) is 0 Å². The molecule has 1 amide bonds. The third-order valence-corrected chi connectivity index (χ3v) is 3.16. The number of benzene rings is 1. The zero-order valence-electron chi connectivity index (χ0n) is 14.6. The Hall–Kier alpha value is -1.55. The van der Waals surface area contributed by atoms with Crippen molar-refractivity contribution in [2.45, 2.75) is 59.8 Å². The van der Waals surface area contributed by atoms with Crippen LogP contribution in [0, 0.1) is 5.92 Å². The fourth-order valence-corrected chi connectivity index (χ4v) is 2.02. The molecule has 1 aromatic carbocycles. The summed E-state index contributed by atoms with van der Waals surface area (Å²) in [4.78, 5) is 12.2. The lowest BCUT2D eigenvalue weighted by Crippen LogP contribution is -2.36. The summed E-state index contributed by atoms with van der Waals surface area (Å²) in [6.07, 6.45) is -0.361. The van der Waals surface area contributed by atoms with Gasteiger partial charge in [-0.1, -0.05) is 32.0 Å². The molecule has 1 rings (SSSR count). The van der Waals surface area contributed by atoms with Crippen molar-refractivity contribution in [1.82, 2.24) is 5.32 Å². The maximum atomic E-state index is 12.2. The van der Waals surface area contributed by atoms with E-state index in [9.17, 15) is 4.79 Å². The summed E-state index contributed by atoms with van der Waals surface area (Å²) in [5.74, 6) is 1.11. The Balaban J connectivity index is 2.68. The van der Waals surface area contributed by atoms with Gasteiger partial charge in [0.15, 0.2) is 0 Å². The van der Waals surface area contributed by atoms with Gasteiger partial charge < -0.3 is 14.8 Å². The Morgan fingerprint density at radius 1 is 1.09 bits per heavy atom. The van der Waals surface area contributed by atoms with Crippen LogP contribution < -0.4 is 10.1 Å². The fraction of sp³-hybridized carbons (Fsp3) is 0.611. The van der Waals surface area contributed by atoms with Gasteiger partial charge in [-0.3, -0.25) is 4.79 Å². The van der Waals surface area contributed by atoms with Crippen molar-refractivity contribution in [2.24, 2.45) is 5.92 Å². The van der Waals surface area contributed by atoms with Crippen LogP contribution in [0.15, 0.2) is 24.3 Å². The Bertz CT molecular complexity index is 471. The van der Waals surface area contributed by atoms with Crippen molar-refractivity contribution in [3.63, 3.8) is 0 Å². The second-order valence-electron chi connectivity index (χ2n) is 6.30. The molecular weight excluding hydrogens is 278 g/mol. The molecule has 0 aliphatic carbocycles. The second kappa shape index (κ2) is 8.79. The van der Waals surface area contributed by atoms with Crippen LogP contribution in [-0.4, -0.2) is 24.7 Å². The number of carbonyl (C=O) groups excluding carboxylic acids is 1. The van der Waals surface area contributed by atoms with Crippen LogP contribution in [-0.2, 0) is 9.53 Å². The number of nitrogens with one attached hydrogen (secondary N) is 1. The van der Waals surface area contributed by atoms with Crippen LogP contribution >= 0.6 is 0 Å². The van der Waals surface area contributed by atoms with E-state index in [0.717, 1.165) is 11.3 Å². The zero-order valence-corrected chi connectivity index (χ0v) is 14.6. The average molecular weight is 307 g/mol. The minimum atomic E-state index is -0.456. The molecule has 22 heavy (non-hydrogen) atoms. The Kier molecular flexibility index (Phi) is 7.39. The molecule has 124 valence electrons. The molecule has 0 radical (unpaired) electrons. The highest BCUT2D eigenvalue weighted by Gasteiger charge is 2.19. The Morgan fingerprint density at radius 2 is 1.73 bits per heavy atom. The molecule has 0 unspecified atom stereocenters. The second-order valence-corrected chi connectivity index (χ2v) is 6.30. The molecule has 4 nitrogen and oxygen atoms in total. The first kappa shape index (κ1) is 18.5. The Morgan fingerprint density at radius 3 is 2.32 bits per heavy atom. The number of ether oxygens (including phenoxy) is 2. The van der Waals surface area contributed by atoms with Crippen molar-refractivity contribution >= 4 is 5.91 Å². The van der Waals surface area contributed by atoms with E-state index in [2.05, 4.69) is 19.2 Å². The molecule has 4 heteroatoms. The lowest BCUT2D eigenvalue weighted by Gasteiger charge is -2.22. The van der Waals surface area contributed by atoms with Crippen molar-refractivity contribution in [3.8, 4) is 5.75 Å². The maximum Gasteiger partial charge on any atom is 0.249 e. The molecule has 0 saturated carbocycles. The van der Waals surface area contributed by atoms with Crippen LogP contribution in [0.1, 0.15) is 53.1 Å². The summed E-state index contributed by atoms with van der Waals surface area (Å²) >= 11 is 0. The minimum Gasteiger partial charge on any atom is -0.491 e. The van der Waals surface area contributed by atoms with Crippen molar-refractivity contribution in [3.05, 3.63) is 29.8 Å². The summed E-state index contributed by atoms with van der Waals surface area (Å²) in [6.45, 7) is 12.4. The van der Waals surface area contributed by atoms with Crippen LogP contribution in [0.25, 0.3) is 0 Å². The highest BCUT2D eigenvalue weighted by Crippen LogP contribution is 2.25. The lowest BCUT2D eigenvalue weighted by molar-refractivity contribution is -0.133. The van der Waals surface area contributed by atoms with E-state index in [-0.39, 0.29) is 18.1 Å². The van der Waals surface area contributed by atoms with E-state index in [1.54, 1.807) is 6.92 Å². The van der Waals surface area contributed by atoms with Gasteiger partial charge in [0, 0.05) is 12.2 Å². The first-order valence-corrected chi connectivity index (χ1v) is 7.98.